The number of carbonyl (C=O) groups is 2. The van der Waals surface area contributed by atoms with Crippen LogP contribution < -0.4 is 16.0 Å². The van der Waals surface area contributed by atoms with E-state index in [0.717, 1.165) is 5.56 Å². The van der Waals surface area contributed by atoms with Crippen molar-refractivity contribution in [3.8, 4) is 0 Å². The third-order valence-electron chi connectivity index (χ3n) is 3.13. The monoisotopic (exact) mass is 329 g/mol. The molecule has 0 fully saturated rings. The molecule has 0 heterocycles. The van der Waals surface area contributed by atoms with Crippen molar-refractivity contribution in [2.75, 3.05) is 10.6 Å². The van der Waals surface area contributed by atoms with Crippen LogP contribution in [0.5, 0.6) is 0 Å². The third kappa shape index (κ3) is 5.39. The third-order valence-corrected chi connectivity index (χ3v) is 3.13. The Labute approximate surface area is 140 Å². The minimum atomic E-state index is -0.564. The van der Waals surface area contributed by atoms with Gasteiger partial charge in [-0.05, 0) is 37.6 Å². The SMILES string of the molecule is CC(C)NC(=O)Nc1ccc(F)c(NC(=O)Cc2ccccc2)c1. The fourth-order valence-corrected chi connectivity index (χ4v) is 2.10. The first kappa shape index (κ1) is 17.5. The van der Waals surface area contributed by atoms with E-state index in [1.54, 1.807) is 0 Å². The van der Waals surface area contributed by atoms with E-state index in [0.29, 0.717) is 5.69 Å². The molecule has 126 valence electrons. The van der Waals surface area contributed by atoms with Crippen LogP contribution in [-0.2, 0) is 11.2 Å². The largest absolute Gasteiger partial charge is 0.336 e. The normalized spacial score (nSPS) is 10.3. The second-order valence-corrected chi connectivity index (χ2v) is 5.66. The van der Waals surface area contributed by atoms with Crippen LogP contribution in [-0.4, -0.2) is 18.0 Å². The van der Waals surface area contributed by atoms with Gasteiger partial charge in [0.1, 0.15) is 5.82 Å². The molecule has 0 saturated heterocycles. The van der Waals surface area contributed by atoms with Crippen molar-refractivity contribution < 1.29 is 14.0 Å². The predicted octanol–water partition coefficient (Wildman–Crippen LogP) is 3.54. The maximum absolute atomic E-state index is 13.9. The molecule has 0 aliphatic heterocycles. The van der Waals surface area contributed by atoms with Gasteiger partial charge in [0, 0.05) is 11.7 Å². The van der Waals surface area contributed by atoms with Crippen molar-refractivity contribution in [2.24, 2.45) is 0 Å². The molecule has 3 amide bonds. The van der Waals surface area contributed by atoms with Gasteiger partial charge in [-0.3, -0.25) is 4.79 Å². The summed E-state index contributed by atoms with van der Waals surface area (Å²) in [5.41, 5.74) is 1.25. The summed E-state index contributed by atoms with van der Waals surface area (Å²) in [5.74, 6) is -0.893. The summed E-state index contributed by atoms with van der Waals surface area (Å²) >= 11 is 0. The van der Waals surface area contributed by atoms with Gasteiger partial charge < -0.3 is 16.0 Å². The molecule has 0 bridgehead atoms. The Kier molecular flexibility index (Phi) is 5.89. The lowest BCUT2D eigenvalue weighted by Gasteiger charge is -2.12. The summed E-state index contributed by atoms with van der Waals surface area (Å²) in [5, 5.41) is 7.79. The number of hydrogen-bond acceptors (Lipinski definition) is 2. The van der Waals surface area contributed by atoms with Crippen LogP contribution in [0.15, 0.2) is 48.5 Å². The molecule has 5 nitrogen and oxygen atoms in total. The smallest absolute Gasteiger partial charge is 0.319 e. The Morgan fingerprint density at radius 2 is 1.75 bits per heavy atom. The van der Waals surface area contributed by atoms with E-state index < -0.39 is 11.8 Å². The van der Waals surface area contributed by atoms with Gasteiger partial charge in [0.2, 0.25) is 5.91 Å². The first-order valence-electron chi connectivity index (χ1n) is 7.65. The van der Waals surface area contributed by atoms with Crippen molar-refractivity contribution in [1.82, 2.24) is 5.32 Å². The van der Waals surface area contributed by atoms with Crippen LogP contribution in [0.3, 0.4) is 0 Å². The zero-order valence-corrected chi connectivity index (χ0v) is 13.6. The minimum Gasteiger partial charge on any atom is -0.336 e. The number of urea groups is 1. The molecule has 0 aliphatic rings. The molecule has 24 heavy (non-hydrogen) atoms. The molecule has 0 spiro atoms. The number of benzene rings is 2. The van der Waals surface area contributed by atoms with E-state index in [9.17, 15) is 14.0 Å². The number of anilines is 2. The lowest BCUT2D eigenvalue weighted by molar-refractivity contribution is -0.115. The number of amides is 3. The Bertz CT molecular complexity index is 717. The Morgan fingerprint density at radius 3 is 2.42 bits per heavy atom. The summed E-state index contributed by atoms with van der Waals surface area (Å²) in [6.07, 6.45) is 0.145. The van der Waals surface area contributed by atoms with Gasteiger partial charge in [-0.15, -0.1) is 0 Å². The van der Waals surface area contributed by atoms with Gasteiger partial charge in [0.25, 0.3) is 0 Å². The Hall–Kier alpha value is -2.89. The van der Waals surface area contributed by atoms with Crippen LogP contribution in [0.25, 0.3) is 0 Å². The van der Waals surface area contributed by atoms with Crippen LogP contribution in [0, 0.1) is 5.82 Å². The molecular weight excluding hydrogens is 309 g/mol. The van der Waals surface area contributed by atoms with Crippen LogP contribution in [0.4, 0.5) is 20.6 Å². The highest BCUT2D eigenvalue weighted by molar-refractivity contribution is 5.94. The number of hydrogen-bond donors (Lipinski definition) is 3. The summed E-state index contributed by atoms with van der Waals surface area (Å²) in [6, 6.07) is 12.8. The highest BCUT2D eigenvalue weighted by Gasteiger charge is 2.10. The maximum Gasteiger partial charge on any atom is 0.319 e. The van der Waals surface area contributed by atoms with Gasteiger partial charge in [-0.25, -0.2) is 9.18 Å². The quantitative estimate of drug-likeness (QED) is 0.785. The zero-order chi connectivity index (χ0) is 17.5. The summed E-state index contributed by atoms with van der Waals surface area (Å²) in [7, 11) is 0. The number of halogens is 1. The Balaban J connectivity index is 2.03. The van der Waals surface area contributed by atoms with Crippen molar-refractivity contribution in [3.05, 3.63) is 59.9 Å². The van der Waals surface area contributed by atoms with E-state index in [-0.39, 0.29) is 24.1 Å². The van der Waals surface area contributed by atoms with Gasteiger partial charge in [0.15, 0.2) is 0 Å². The van der Waals surface area contributed by atoms with Crippen molar-refractivity contribution in [3.63, 3.8) is 0 Å². The van der Waals surface area contributed by atoms with Gasteiger partial charge in [-0.1, -0.05) is 30.3 Å². The van der Waals surface area contributed by atoms with Crippen LogP contribution >= 0.6 is 0 Å². The molecule has 2 aromatic rings. The number of rotatable bonds is 5. The molecule has 0 aliphatic carbocycles. The molecule has 3 N–H and O–H groups in total. The van der Waals surface area contributed by atoms with E-state index in [4.69, 9.17) is 0 Å². The molecule has 2 rings (SSSR count). The lowest BCUT2D eigenvalue weighted by atomic mass is 10.1. The van der Waals surface area contributed by atoms with E-state index in [2.05, 4.69) is 16.0 Å². The molecule has 0 radical (unpaired) electrons. The zero-order valence-electron chi connectivity index (χ0n) is 13.6. The van der Waals surface area contributed by atoms with Crippen molar-refractivity contribution >= 4 is 23.3 Å². The maximum atomic E-state index is 13.9. The van der Waals surface area contributed by atoms with Gasteiger partial charge in [-0.2, -0.15) is 0 Å². The topological polar surface area (TPSA) is 70.2 Å². The van der Waals surface area contributed by atoms with Crippen LogP contribution in [0.2, 0.25) is 0 Å². The summed E-state index contributed by atoms with van der Waals surface area (Å²) in [4.78, 5) is 23.7. The molecule has 6 heteroatoms. The van der Waals surface area contributed by atoms with Gasteiger partial charge >= 0.3 is 6.03 Å². The molecule has 0 atom stereocenters. The summed E-state index contributed by atoms with van der Waals surface area (Å²) in [6.45, 7) is 3.67. The second kappa shape index (κ2) is 8.10. The van der Waals surface area contributed by atoms with Crippen molar-refractivity contribution in [2.45, 2.75) is 26.3 Å². The number of nitrogens with one attached hydrogen (secondary N) is 3. The highest BCUT2D eigenvalue weighted by Crippen LogP contribution is 2.20. The molecular formula is C18H20FN3O2. The van der Waals surface area contributed by atoms with E-state index >= 15 is 0 Å². The van der Waals surface area contributed by atoms with Crippen molar-refractivity contribution in [1.29, 1.82) is 0 Å². The first-order valence-corrected chi connectivity index (χ1v) is 7.65. The summed E-state index contributed by atoms with van der Waals surface area (Å²) < 4.78 is 13.9. The highest BCUT2D eigenvalue weighted by atomic mass is 19.1. The predicted molar refractivity (Wildman–Crippen MR) is 92.5 cm³/mol. The second-order valence-electron chi connectivity index (χ2n) is 5.66. The fraction of sp³-hybridized carbons (Fsp3) is 0.222. The number of carbonyl (C=O) groups excluding carboxylic acids is 2. The first-order chi connectivity index (χ1) is 11.4. The van der Waals surface area contributed by atoms with E-state index in [1.165, 1.54) is 18.2 Å². The van der Waals surface area contributed by atoms with Gasteiger partial charge in [0.05, 0.1) is 12.1 Å². The average molecular weight is 329 g/mol. The molecule has 2 aromatic carbocycles. The Morgan fingerprint density at radius 1 is 1.04 bits per heavy atom. The lowest BCUT2D eigenvalue weighted by Crippen LogP contribution is -2.34. The van der Waals surface area contributed by atoms with Crippen LogP contribution in [0.1, 0.15) is 19.4 Å². The standard InChI is InChI=1S/C18H20FN3O2/c1-12(2)20-18(24)21-14-8-9-15(19)16(11-14)22-17(23)10-13-6-4-3-5-7-13/h3-9,11-12H,10H2,1-2H3,(H,22,23)(H2,20,21,24). The molecule has 0 aromatic heterocycles. The molecule has 0 unspecified atom stereocenters. The average Bonchev–Trinajstić information content (AvgIpc) is 2.50. The molecule has 0 saturated carbocycles. The fourth-order valence-electron chi connectivity index (χ4n) is 2.10. The van der Waals surface area contributed by atoms with E-state index in [1.807, 2.05) is 44.2 Å². The minimum absolute atomic E-state index is 0.0181.